The Balaban J connectivity index is 1.77. The number of hydrogen-bond donors (Lipinski definition) is 1. The Bertz CT molecular complexity index is 562. The maximum absolute atomic E-state index is 4.68. The van der Waals surface area contributed by atoms with Crippen molar-refractivity contribution in [2.75, 3.05) is 31.1 Å². The van der Waals surface area contributed by atoms with Crippen molar-refractivity contribution in [2.45, 2.75) is 13.3 Å². The summed E-state index contributed by atoms with van der Waals surface area (Å²) in [6.45, 7) is 6.06. The lowest BCUT2D eigenvalue weighted by molar-refractivity contribution is 0.579. The Morgan fingerprint density at radius 1 is 1.15 bits per heavy atom. The Labute approximate surface area is 119 Å². The number of nitrogens with one attached hydrogen (secondary N) is 1. The summed E-state index contributed by atoms with van der Waals surface area (Å²) in [5.74, 6) is 0.862. The highest BCUT2D eigenvalue weighted by molar-refractivity contribution is 5.35. The summed E-state index contributed by atoms with van der Waals surface area (Å²) in [6.07, 6.45) is 2.88. The monoisotopic (exact) mass is 268 g/mol. The second kappa shape index (κ2) is 6.01. The lowest BCUT2D eigenvalue weighted by Gasteiger charge is -2.27. The Morgan fingerprint density at radius 2 is 1.90 bits per heavy atom. The molecule has 3 rings (SSSR count). The van der Waals surface area contributed by atoms with Gasteiger partial charge in [-0.1, -0.05) is 30.3 Å². The van der Waals surface area contributed by atoms with Crippen molar-refractivity contribution in [3.05, 3.63) is 53.3 Å². The van der Waals surface area contributed by atoms with Crippen LogP contribution in [0.1, 0.15) is 16.8 Å². The van der Waals surface area contributed by atoms with Gasteiger partial charge in [0.2, 0.25) is 5.95 Å². The van der Waals surface area contributed by atoms with E-state index in [9.17, 15) is 0 Å². The van der Waals surface area contributed by atoms with Gasteiger partial charge in [0, 0.05) is 44.5 Å². The molecule has 2 heterocycles. The number of anilines is 1. The first-order valence-corrected chi connectivity index (χ1v) is 7.15. The maximum atomic E-state index is 4.68. The Kier molecular flexibility index (Phi) is 3.92. The molecule has 1 aliphatic heterocycles. The average Bonchev–Trinajstić information content (AvgIpc) is 2.51. The molecule has 0 spiro atoms. The molecule has 0 atom stereocenters. The second-order valence-corrected chi connectivity index (χ2v) is 5.18. The fraction of sp³-hybridized carbons (Fsp3) is 0.375. The molecular weight excluding hydrogens is 248 g/mol. The third-order valence-electron chi connectivity index (χ3n) is 3.71. The van der Waals surface area contributed by atoms with Crippen LogP contribution in [-0.2, 0) is 6.42 Å². The number of rotatable bonds is 3. The third-order valence-corrected chi connectivity index (χ3v) is 3.71. The van der Waals surface area contributed by atoms with Gasteiger partial charge < -0.3 is 10.2 Å². The minimum atomic E-state index is 0.862. The predicted molar refractivity (Wildman–Crippen MR) is 81.1 cm³/mol. The molecule has 0 amide bonds. The van der Waals surface area contributed by atoms with Crippen molar-refractivity contribution in [3.63, 3.8) is 0 Å². The van der Waals surface area contributed by atoms with Crippen molar-refractivity contribution in [2.24, 2.45) is 0 Å². The fourth-order valence-electron chi connectivity index (χ4n) is 2.49. The van der Waals surface area contributed by atoms with Crippen molar-refractivity contribution >= 4 is 5.95 Å². The van der Waals surface area contributed by atoms with Gasteiger partial charge in [-0.3, -0.25) is 0 Å². The van der Waals surface area contributed by atoms with Gasteiger partial charge in [0.25, 0.3) is 0 Å². The molecule has 20 heavy (non-hydrogen) atoms. The molecule has 4 heteroatoms. The number of hydrogen-bond acceptors (Lipinski definition) is 4. The first-order valence-electron chi connectivity index (χ1n) is 7.15. The Hall–Kier alpha value is -1.94. The van der Waals surface area contributed by atoms with E-state index in [4.69, 9.17) is 0 Å². The van der Waals surface area contributed by atoms with Gasteiger partial charge in [0.15, 0.2) is 0 Å². The van der Waals surface area contributed by atoms with Gasteiger partial charge in [-0.15, -0.1) is 0 Å². The number of aryl methyl sites for hydroxylation is 1. The molecule has 104 valence electrons. The van der Waals surface area contributed by atoms with Crippen LogP contribution in [0.4, 0.5) is 5.95 Å². The molecule has 0 aliphatic carbocycles. The zero-order valence-corrected chi connectivity index (χ0v) is 11.8. The van der Waals surface area contributed by atoms with Crippen molar-refractivity contribution in [1.29, 1.82) is 0 Å². The van der Waals surface area contributed by atoms with Crippen LogP contribution in [0.15, 0.2) is 36.5 Å². The highest BCUT2D eigenvalue weighted by atomic mass is 15.3. The third kappa shape index (κ3) is 2.96. The first-order chi connectivity index (χ1) is 9.83. The number of benzene rings is 1. The number of nitrogens with zero attached hydrogens (tertiary/aromatic N) is 3. The molecule has 4 nitrogen and oxygen atoms in total. The highest BCUT2D eigenvalue weighted by Crippen LogP contribution is 2.15. The quantitative estimate of drug-likeness (QED) is 0.921. The smallest absolute Gasteiger partial charge is 0.225 e. The average molecular weight is 268 g/mol. The van der Waals surface area contributed by atoms with Crippen LogP contribution in [0, 0.1) is 6.92 Å². The summed E-state index contributed by atoms with van der Waals surface area (Å²) in [6, 6.07) is 10.5. The second-order valence-electron chi connectivity index (χ2n) is 5.18. The molecule has 2 aromatic rings. The van der Waals surface area contributed by atoms with Crippen LogP contribution in [0.25, 0.3) is 0 Å². The van der Waals surface area contributed by atoms with Crippen LogP contribution in [0.2, 0.25) is 0 Å². The summed E-state index contributed by atoms with van der Waals surface area (Å²) in [7, 11) is 0. The zero-order valence-electron chi connectivity index (χ0n) is 11.8. The molecule has 1 saturated heterocycles. The molecule has 0 radical (unpaired) electrons. The minimum absolute atomic E-state index is 0.862. The van der Waals surface area contributed by atoms with Crippen LogP contribution < -0.4 is 10.2 Å². The van der Waals surface area contributed by atoms with E-state index in [1.807, 2.05) is 12.3 Å². The van der Waals surface area contributed by atoms with Crippen LogP contribution >= 0.6 is 0 Å². The van der Waals surface area contributed by atoms with E-state index < -0.39 is 0 Å². The normalized spacial score (nSPS) is 15.3. The van der Waals surface area contributed by atoms with Gasteiger partial charge in [-0.2, -0.15) is 0 Å². The van der Waals surface area contributed by atoms with Crippen molar-refractivity contribution < 1.29 is 0 Å². The molecule has 1 N–H and O–H groups in total. The molecular formula is C16H20N4. The topological polar surface area (TPSA) is 41.1 Å². The molecule has 0 saturated carbocycles. The van der Waals surface area contributed by atoms with Gasteiger partial charge in [0.05, 0.1) is 0 Å². The van der Waals surface area contributed by atoms with Crippen molar-refractivity contribution in [1.82, 2.24) is 15.3 Å². The molecule has 0 bridgehead atoms. The molecule has 1 aromatic carbocycles. The van der Waals surface area contributed by atoms with E-state index in [-0.39, 0.29) is 0 Å². The van der Waals surface area contributed by atoms with E-state index in [0.717, 1.165) is 44.2 Å². The van der Waals surface area contributed by atoms with E-state index in [2.05, 4.69) is 51.4 Å². The van der Waals surface area contributed by atoms with Crippen molar-refractivity contribution in [3.8, 4) is 0 Å². The van der Waals surface area contributed by atoms with Crippen LogP contribution in [0.3, 0.4) is 0 Å². The van der Waals surface area contributed by atoms with E-state index in [1.54, 1.807) is 0 Å². The van der Waals surface area contributed by atoms with E-state index in [1.165, 1.54) is 11.1 Å². The lowest BCUT2D eigenvalue weighted by atomic mass is 10.1. The SMILES string of the molecule is Cc1nc(N2CCNCC2)ncc1Cc1ccccc1. The van der Waals surface area contributed by atoms with Gasteiger partial charge in [-0.05, 0) is 18.1 Å². The zero-order chi connectivity index (χ0) is 13.8. The largest absolute Gasteiger partial charge is 0.338 e. The van der Waals surface area contributed by atoms with E-state index >= 15 is 0 Å². The van der Waals surface area contributed by atoms with Crippen LogP contribution in [0.5, 0.6) is 0 Å². The summed E-state index contributed by atoms with van der Waals surface area (Å²) >= 11 is 0. The van der Waals surface area contributed by atoms with Gasteiger partial charge in [-0.25, -0.2) is 9.97 Å². The standard InChI is InChI=1S/C16H20N4/c1-13-15(11-14-5-3-2-4-6-14)12-18-16(19-13)20-9-7-17-8-10-20/h2-6,12,17H,7-11H2,1H3. The molecule has 1 fully saturated rings. The van der Waals surface area contributed by atoms with E-state index in [0.29, 0.717) is 0 Å². The number of aromatic nitrogens is 2. The lowest BCUT2D eigenvalue weighted by Crippen LogP contribution is -2.44. The van der Waals surface area contributed by atoms with Crippen LogP contribution in [-0.4, -0.2) is 36.1 Å². The summed E-state index contributed by atoms with van der Waals surface area (Å²) in [4.78, 5) is 11.5. The summed E-state index contributed by atoms with van der Waals surface area (Å²) in [5.41, 5.74) is 3.58. The predicted octanol–water partition coefficient (Wildman–Crippen LogP) is 1.79. The first kappa shape index (κ1) is 13.1. The fourth-order valence-corrected chi connectivity index (χ4v) is 2.49. The summed E-state index contributed by atoms with van der Waals surface area (Å²) in [5, 5.41) is 3.35. The maximum Gasteiger partial charge on any atom is 0.225 e. The minimum Gasteiger partial charge on any atom is -0.338 e. The molecule has 1 aromatic heterocycles. The molecule has 0 unspecified atom stereocenters. The van der Waals surface area contributed by atoms with Gasteiger partial charge >= 0.3 is 0 Å². The highest BCUT2D eigenvalue weighted by Gasteiger charge is 2.14. The number of piperazine rings is 1. The summed E-state index contributed by atoms with van der Waals surface area (Å²) < 4.78 is 0. The Morgan fingerprint density at radius 3 is 2.60 bits per heavy atom. The van der Waals surface area contributed by atoms with Gasteiger partial charge in [0.1, 0.15) is 0 Å². The molecule has 1 aliphatic rings.